The van der Waals surface area contributed by atoms with Crippen LogP contribution in [0, 0.1) is 28.6 Å². The van der Waals surface area contributed by atoms with Crippen molar-refractivity contribution < 1.29 is 19.1 Å². The first kappa shape index (κ1) is 17.4. The molecular weight excluding hydrogens is 319 g/mol. The van der Waals surface area contributed by atoms with Crippen LogP contribution in [0.25, 0.3) is 0 Å². The minimum absolute atomic E-state index is 0.0173. The molecule has 0 aromatic heterocycles. The number of carbonyl (C=O) groups is 2. The number of Topliss-reactive ketones (excluding diaryl/α,β-unsaturated/α-hetero) is 1. The number of hydrogen-bond donors (Lipinski definition) is 1. The lowest BCUT2D eigenvalue weighted by Crippen LogP contribution is -2.67. The molecule has 4 heteroatoms. The van der Waals surface area contributed by atoms with Crippen molar-refractivity contribution in [2.45, 2.75) is 77.5 Å². The van der Waals surface area contributed by atoms with E-state index in [4.69, 9.17) is 0 Å². The standard InChI is InChI=1S/C21H29FO3/c1-12-9-16-14-6-8-20(4,25)19(14,3)11-17(24)21(16,22)18(2)7-5-13(23)10-15(12)18/h10,12,14,16,25H,5-9,11H2,1-4H3/t12-,14+,16+,18+,19+,20-,21+/m1/s1. The summed E-state index contributed by atoms with van der Waals surface area (Å²) in [6, 6.07) is 0. The number of halogens is 1. The highest BCUT2D eigenvalue weighted by Crippen LogP contribution is 2.69. The van der Waals surface area contributed by atoms with Gasteiger partial charge in [-0.15, -0.1) is 0 Å². The Hall–Kier alpha value is -1.03. The third-order valence-electron chi connectivity index (χ3n) is 8.69. The van der Waals surface area contributed by atoms with Crippen LogP contribution >= 0.6 is 0 Å². The van der Waals surface area contributed by atoms with Crippen molar-refractivity contribution in [3.63, 3.8) is 0 Å². The summed E-state index contributed by atoms with van der Waals surface area (Å²) in [5, 5.41) is 10.9. The van der Waals surface area contributed by atoms with Crippen molar-refractivity contribution in [1.29, 1.82) is 0 Å². The van der Waals surface area contributed by atoms with Crippen LogP contribution in [0.5, 0.6) is 0 Å². The largest absolute Gasteiger partial charge is 0.390 e. The molecule has 0 aromatic rings. The molecule has 4 aliphatic carbocycles. The van der Waals surface area contributed by atoms with Crippen molar-refractivity contribution in [1.82, 2.24) is 0 Å². The second-order valence-corrected chi connectivity index (χ2v) is 9.79. The molecular formula is C21H29FO3. The van der Waals surface area contributed by atoms with E-state index < -0.39 is 22.1 Å². The Morgan fingerprint density at radius 1 is 1.16 bits per heavy atom. The highest BCUT2D eigenvalue weighted by atomic mass is 19.1. The summed E-state index contributed by atoms with van der Waals surface area (Å²) in [6.07, 6.45) is 4.45. The first-order valence-electron chi connectivity index (χ1n) is 9.67. The average molecular weight is 348 g/mol. The van der Waals surface area contributed by atoms with Crippen LogP contribution in [-0.4, -0.2) is 27.9 Å². The van der Waals surface area contributed by atoms with E-state index in [1.165, 1.54) is 0 Å². The predicted octanol–water partition coefficient (Wildman–Crippen LogP) is 3.79. The van der Waals surface area contributed by atoms with Crippen LogP contribution in [-0.2, 0) is 9.59 Å². The Morgan fingerprint density at radius 3 is 2.52 bits per heavy atom. The Morgan fingerprint density at radius 2 is 1.84 bits per heavy atom. The number of hydrogen-bond acceptors (Lipinski definition) is 3. The van der Waals surface area contributed by atoms with Gasteiger partial charge in [-0.2, -0.15) is 0 Å². The smallest absolute Gasteiger partial charge is 0.180 e. The van der Waals surface area contributed by atoms with Crippen molar-refractivity contribution in [2.75, 3.05) is 0 Å². The lowest BCUT2D eigenvalue weighted by Gasteiger charge is -2.61. The van der Waals surface area contributed by atoms with Gasteiger partial charge in [-0.1, -0.05) is 26.3 Å². The van der Waals surface area contributed by atoms with E-state index in [0.29, 0.717) is 25.7 Å². The zero-order valence-electron chi connectivity index (χ0n) is 15.7. The summed E-state index contributed by atoms with van der Waals surface area (Å²) < 4.78 is 16.7. The second kappa shape index (κ2) is 4.82. The summed E-state index contributed by atoms with van der Waals surface area (Å²) in [7, 11) is 0. The second-order valence-electron chi connectivity index (χ2n) is 9.79. The van der Waals surface area contributed by atoms with Crippen LogP contribution in [0.1, 0.15) is 66.2 Å². The Kier molecular flexibility index (Phi) is 3.35. The first-order chi connectivity index (χ1) is 11.5. The van der Waals surface area contributed by atoms with Gasteiger partial charge in [0, 0.05) is 29.6 Å². The van der Waals surface area contributed by atoms with Gasteiger partial charge < -0.3 is 5.11 Å². The lowest BCUT2D eigenvalue weighted by atomic mass is 9.43. The predicted molar refractivity (Wildman–Crippen MR) is 92.6 cm³/mol. The zero-order chi connectivity index (χ0) is 18.4. The maximum absolute atomic E-state index is 16.7. The molecule has 25 heavy (non-hydrogen) atoms. The summed E-state index contributed by atoms with van der Waals surface area (Å²) in [5.74, 6) is -0.545. The minimum Gasteiger partial charge on any atom is -0.390 e. The summed E-state index contributed by atoms with van der Waals surface area (Å²) in [5.41, 5.74) is -3.42. The van der Waals surface area contributed by atoms with Crippen LogP contribution in [0.2, 0.25) is 0 Å². The van der Waals surface area contributed by atoms with Crippen LogP contribution in [0.3, 0.4) is 0 Å². The molecule has 7 atom stereocenters. The van der Waals surface area contributed by atoms with Crippen LogP contribution in [0.4, 0.5) is 4.39 Å². The maximum atomic E-state index is 16.7. The number of carbonyl (C=O) groups excluding carboxylic acids is 2. The molecule has 0 heterocycles. The molecule has 4 aliphatic rings. The van der Waals surface area contributed by atoms with Crippen molar-refractivity contribution in [2.24, 2.45) is 28.6 Å². The normalized spacial score (nSPS) is 55.3. The molecule has 4 rings (SSSR count). The molecule has 0 aromatic carbocycles. The molecule has 0 unspecified atom stereocenters. The van der Waals surface area contributed by atoms with Gasteiger partial charge in [0.2, 0.25) is 0 Å². The highest BCUT2D eigenvalue weighted by molar-refractivity contribution is 5.95. The van der Waals surface area contributed by atoms with Gasteiger partial charge in [-0.25, -0.2) is 4.39 Å². The fourth-order valence-corrected chi connectivity index (χ4v) is 6.90. The van der Waals surface area contributed by atoms with Gasteiger partial charge in [0.05, 0.1) is 5.60 Å². The Balaban J connectivity index is 1.87. The summed E-state index contributed by atoms with van der Waals surface area (Å²) >= 11 is 0. The molecule has 3 nitrogen and oxygen atoms in total. The molecule has 0 bridgehead atoms. The minimum atomic E-state index is -1.91. The van der Waals surface area contributed by atoms with E-state index in [1.807, 2.05) is 20.8 Å². The van der Waals surface area contributed by atoms with Crippen molar-refractivity contribution in [3.8, 4) is 0 Å². The molecule has 138 valence electrons. The summed E-state index contributed by atoms with van der Waals surface area (Å²) in [6.45, 7) is 7.71. The third-order valence-corrected chi connectivity index (χ3v) is 8.69. The van der Waals surface area contributed by atoms with Crippen LogP contribution in [0.15, 0.2) is 11.6 Å². The van der Waals surface area contributed by atoms with Gasteiger partial charge in [0.25, 0.3) is 0 Å². The molecule has 0 amide bonds. The van der Waals surface area contributed by atoms with Crippen molar-refractivity contribution >= 4 is 11.6 Å². The maximum Gasteiger partial charge on any atom is 0.180 e. The fourth-order valence-electron chi connectivity index (χ4n) is 6.90. The number of rotatable bonds is 0. The third kappa shape index (κ3) is 1.85. The number of aliphatic hydroxyl groups is 1. The molecule has 0 saturated heterocycles. The van der Waals surface area contributed by atoms with E-state index in [0.717, 1.165) is 12.0 Å². The highest BCUT2D eigenvalue weighted by Gasteiger charge is 2.73. The number of fused-ring (bicyclic) bond motifs is 5. The van der Waals surface area contributed by atoms with Gasteiger partial charge in [-0.3, -0.25) is 9.59 Å². The van der Waals surface area contributed by atoms with Crippen molar-refractivity contribution in [3.05, 3.63) is 11.6 Å². The molecule has 1 N–H and O–H groups in total. The van der Waals surface area contributed by atoms with E-state index in [2.05, 4.69) is 6.92 Å². The lowest BCUT2D eigenvalue weighted by molar-refractivity contribution is -0.187. The van der Waals surface area contributed by atoms with Crippen LogP contribution < -0.4 is 0 Å². The molecule has 0 radical (unpaired) electrons. The zero-order valence-corrected chi connectivity index (χ0v) is 15.7. The first-order valence-corrected chi connectivity index (χ1v) is 9.67. The van der Waals surface area contributed by atoms with E-state index >= 15 is 4.39 Å². The topological polar surface area (TPSA) is 54.4 Å². The molecule has 0 spiro atoms. The Bertz CT molecular complexity index is 695. The molecule has 0 aliphatic heterocycles. The molecule has 3 saturated carbocycles. The van der Waals surface area contributed by atoms with Gasteiger partial charge >= 0.3 is 0 Å². The van der Waals surface area contributed by atoms with E-state index in [1.54, 1.807) is 6.08 Å². The summed E-state index contributed by atoms with van der Waals surface area (Å²) in [4.78, 5) is 25.2. The van der Waals surface area contributed by atoms with E-state index in [-0.39, 0.29) is 35.7 Å². The monoisotopic (exact) mass is 348 g/mol. The number of alkyl halides is 1. The molecule has 3 fully saturated rings. The van der Waals surface area contributed by atoms with Gasteiger partial charge in [0.15, 0.2) is 17.2 Å². The fraction of sp³-hybridized carbons (Fsp3) is 0.810. The number of allylic oxidation sites excluding steroid dienone is 1. The Labute approximate surface area is 149 Å². The van der Waals surface area contributed by atoms with Gasteiger partial charge in [0.1, 0.15) is 0 Å². The quantitative estimate of drug-likeness (QED) is 0.725. The van der Waals surface area contributed by atoms with E-state index in [9.17, 15) is 14.7 Å². The SMILES string of the molecule is C[C@@H]1C[C@H]2[C@@H]3CC[C@@](C)(O)[C@@]3(C)CC(=O)[C@]2(F)[C@@]2(C)CCC(=O)C=C12. The van der Waals surface area contributed by atoms with Gasteiger partial charge in [-0.05, 0) is 50.5 Å². The average Bonchev–Trinajstić information content (AvgIpc) is 2.75. The number of ketones is 2.